The lowest BCUT2D eigenvalue weighted by Gasteiger charge is -2.17. The van der Waals surface area contributed by atoms with Gasteiger partial charge < -0.3 is 15.1 Å². The molecule has 1 N–H and O–H groups in total. The Morgan fingerprint density at radius 2 is 1.88 bits per heavy atom. The third-order valence-corrected chi connectivity index (χ3v) is 5.33. The van der Waals surface area contributed by atoms with Gasteiger partial charge in [0.15, 0.2) is 0 Å². The number of carbonyl (C=O) groups excluding carboxylic acids is 2. The lowest BCUT2D eigenvalue weighted by Crippen LogP contribution is -2.38. The Hall–Kier alpha value is -1.88. The highest BCUT2D eigenvalue weighted by Gasteiger charge is 2.37. The predicted octanol–water partition coefficient (Wildman–Crippen LogP) is 2.20. The van der Waals surface area contributed by atoms with Crippen molar-refractivity contribution in [3.05, 3.63) is 29.8 Å². The van der Waals surface area contributed by atoms with Crippen LogP contribution in [0.5, 0.6) is 0 Å². The summed E-state index contributed by atoms with van der Waals surface area (Å²) < 4.78 is 0. The molecule has 25 heavy (non-hydrogen) atoms. The molecule has 0 saturated carbocycles. The van der Waals surface area contributed by atoms with Gasteiger partial charge in [-0.25, -0.2) is 0 Å². The van der Waals surface area contributed by atoms with Crippen molar-refractivity contribution in [1.82, 2.24) is 10.2 Å². The zero-order valence-electron chi connectivity index (χ0n) is 15.2. The molecule has 5 nitrogen and oxygen atoms in total. The van der Waals surface area contributed by atoms with Crippen LogP contribution in [0.2, 0.25) is 0 Å². The summed E-state index contributed by atoms with van der Waals surface area (Å²) in [5.74, 6) is -0.710. The smallest absolute Gasteiger partial charge is 0.239 e. The van der Waals surface area contributed by atoms with E-state index in [1.165, 1.54) is 31.5 Å². The summed E-state index contributed by atoms with van der Waals surface area (Å²) in [6.45, 7) is 6.79. The number of anilines is 1. The van der Waals surface area contributed by atoms with Gasteiger partial charge in [0, 0.05) is 18.8 Å². The highest BCUT2D eigenvalue weighted by atomic mass is 16.2. The molecule has 0 aromatic heterocycles. The van der Waals surface area contributed by atoms with Crippen LogP contribution in [0.1, 0.15) is 38.2 Å². The van der Waals surface area contributed by atoms with E-state index in [-0.39, 0.29) is 11.8 Å². The van der Waals surface area contributed by atoms with E-state index in [0.29, 0.717) is 19.5 Å². The second kappa shape index (κ2) is 8.48. The molecule has 0 bridgehead atoms. The summed E-state index contributed by atoms with van der Waals surface area (Å²) in [5.41, 5.74) is 2.15. The summed E-state index contributed by atoms with van der Waals surface area (Å²) in [7, 11) is 0. The molecular formula is C20H29N3O2. The first-order chi connectivity index (χ1) is 12.2. The van der Waals surface area contributed by atoms with E-state index in [4.69, 9.17) is 0 Å². The van der Waals surface area contributed by atoms with Crippen LogP contribution in [0.25, 0.3) is 0 Å². The number of hydrogen-bond acceptors (Lipinski definition) is 3. The lowest BCUT2D eigenvalue weighted by molar-refractivity contribution is -0.132. The van der Waals surface area contributed by atoms with Crippen LogP contribution in [-0.2, 0) is 16.0 Å². The first kappa shape index (κ1) is 17.9. The minimum absolute atomic E-state index is 0.0682. The second-order valence-electron chi connectivity index (χ2n) is 7.04. The molecule has 2 aliphatic heterocycles. The minimum Gasteiger partial charge on any atom is -0.355 e. The van der Waals surface area contributed by atoms with Gasteiger partial charge in [0.2, 0.25) is 11.8 Å². The number of hydrogen-bond donors (Lipinski definition) is 1. The molecule has 0 spiro atoms. The lowest BCUT2D eigenvalue weighted by atomic mass is 10.1. The third kappa shape index (κ3) is 4.40. The molecule has 1 unspecified atom stereocenters. The fourth-order valence-corrected chi connectivity index (χ4v) is 3.73. The number of nitrogens with zero attached hydrogens (tertiary/aromatic N) is 2. The molecule has 2 amide bonds. The molecule has 3 rings (SSSR count). The monoisotopic (exact) mass is 343 g/mol. The third-order valence-electron chi connectivity index (χ3n) is 5.33. The Bertz CT molecular complexity index is 593. The maximum absolute atomic E-state index is 12.6. The van der Waals surface area contributed by atoms with Crippen molar-refractivity contribution in [2.24, 2.45) is 5.92 Å². The quantitative estimate of drug-likeness (QED) is 0.610. The Morgan fingerprint density at radius 3 is 2.56 bits per heavy atom. The highest BCUT2D eigenvalue weighted by Crippen LogP contribution is 2.25. The van der Waals surface area contributed by atoms with Crippen molar-refractivity contribution in [2.75, 3.05) is 37.6 Å². The molecule has 2 saturated heterocycles. The van der Waals surface area contributed by atoms with Gasteiger partial charge in [0.1, 0.15) is 5.92 Å². The van der Waals surface area contributed by atoms with Gasteiger partial charge >= 0.3 is 0 Å². The molecular weight excluding hydrogens is 314 g/mol. The molecule has 1 aromatic rings. The summed E-state index contributed by atoms with van der Waals surface area (Å²) in [5, 5.41) is 2.96. The molecule has 2 heterocycles. The number of amides is 2. The number of carbonyl (C=O) groups is 2. The van der Waals surface area contributed by atoms with Crippen molar-refractivity contribution in [2.45, 2.75) is 39.0 Å². The SMILES string of the molecule is CCc1ccc(N2CCC(C(=O)NCCCN3CCCC3)C2=O)cc1. The van der Waals surface area contributed by atoms with Gasteiger partial charge in [-0.15, -0.1) is 0 Å². The van der Waals surface area contributed by atoms with Gasteiger partial charge in [0.25, 0.3) is 0 Å². The fraction of sp³-hybridized carbons (Fsp3) is 0.600. The first-order valence-corrected chi connectivity index (χ1v) is 9.59. The number of benzene rings is 1. The average Bonchev–Trinajstić information content (AvgIpc) is 3.28. The predicted molar refractivity (Wildman–Crippen MR) is 99.6 cm³/mol. The molecule has 2 aliphatic rings. The van der Waals surface area contributed by atoms with Crippen molar-refractivity contribution >= 4 is 17.5 Å². The summed E-state index contributed by atoms with van der Waals surface area (Å²) in [6, 6.07) is 8.06. The van der Waals surface area contributed by atoms with Crippen LogP contribution in [-0.4, -0.2) is 49.4 Å². The summed E-state index contributed by atoms with van der Waals surface area (Å²) in [6.07, 6.45) is 5.12. The van der Waals surface area contributed by atoms with Crippen molar-refractivity contribution in [1.29, 1.82) is 0 Å². The molecule has 0 aliphatic carbocycles. The van der Waals surface area contributed by atoms with Gasteiger partial charge in [-0.05, 0) is 69.4 Å². The Labute approximate surface area is 150 Å². The maximum atomic E-state index is 12.6. The number of aryl methyl sites for hydroxylation is 1. The van der Waals surface area contributed by atoms with Gasteiger partial charge in [-0.2, -0.15) is 0 Å². The van der Waals surface area contributed by atoms with Crippen molar-refractivity contribution < 1.29 is 9.59 Å². The molecule has 2 fully saturated rings. The Kier molecular flexibility index (Phi) is 6.08. The van der Waals surface area contributed by atoms with E-state index in [1.54, 1.807) is 4.90 Å². The second-order valence-corrected chi connectivity index (χ2v) is 7.04. The normalized spacial score (nSPS) is 21.1. The van der Waals surface area contributed by atoms with Crippen LogP contribution >= 0.6 is 0 Å². The molecule has 1 atom stereocenters. The highest BCUT2D eigenvalue weighted by molar-refractivity contribution is 6.09. The topological polar surface area (TPSA) is 52.7 Å². The summed E-state index contributed by atoms with van der Waals surface area (Å²) in [4.78, 5) is 29.1. The van der Waals surface area contributed by atoms with Crippen LogP contribution in [0.15, 0.2) is 24.3 Å². The van der Waals surface area contributed by atoms with Crippen molar-refractivity contribution in [3.8, 4) is 0 Å². The van der Waals surface area contributed by atoms with Crippen LogP contribution in [0, 0.1) is 5.92 Å². The number of likely N-dealkylation sites (tertiary alicyclic amines) is 1. The minimum atomic E-state index is -0.530. The number of nitrogens with one attached hydrogen (secondary N) is 1. The summed E-state index contributed by atoms with van der Waals surface area (Å²) >= 11 is 0. The van der Waals surface area contributed by atoms with E-state index in [9.17, 15) is 9.59 Å². The Balaban J connectivity index is 1.46. The van der Waals surface area contributed by atoms with Crippen molar-refractivity contribution in [3.63, 3.8) is 0 Å². The van der Waals surface area contributed by atoms with Crippen LogP contribution < -0.4 is 10.2 Å². The molecule has 1 aromatic carbocycles. The van der Waals surface area contributed by atoms with E-state index >= 15 is 0 Å². The van der Waals surface area contributed by atoms with E-state index < -0.39 is 5.92 Å². The maximum Gasteiger partial charge on any atom is 0.239 e. The number of rotatable bonds is 7. The molecule has 0 radical (unpaired) electrons. The van der Waals surface area contributed by atoms with Crippen LogP contribution in [0.3, 0.4) is 0 Å². The molecule has 136 valence electrons. The van der Waals surface area contributed by atoms with E-state index in [1.807, 2.05) is 24.3 Å². The van der Waals surface area contributed by atoms with Gasteiger partial charge in [0.05, 0.1) is 0 Å². The largest absolute Gasteiger partial charge is 0.355 e. The average molecular weight is 343 g/mol. The Morgan fingerprint density at radius 1 is 1.16 bits per heavy atom. The fourth-order valence-electron chi connectivity index (χ4n) is 3.73. The zero-order valence-corrected chi connectivity index (χ0v) is 15.2. The van der Waals surface area contributed by atoms with E-state index in [0.717, 1.165) is 25.1 Å². The van der Waals surface area contributed by atoms with E-state index in [2.05, 4.69) is 17.1 Å². The van der Waals surface area contributed by atoms with Gasteiger partial charge in [-0.3, -0.25) is 9.59 Å². The molecule has 5 heteroatoms. The van der Waals surface area contributed by atoms with Gasteiger partial charge in [-0.1, -0.05) is 19.1 Å². The van der Waals surface area contributed by atoms with Crippen LogP contribution in [0.4, 0.5) is 5.69 Å². The first-order valence-electron chi connectivity index (χ1n) is 9.59. The zero-order chi connectivity index (χ0) is 17.6. The standard InChI is InChI=1S/C20H29N3O2/c1-2-16-6-8-17(9-7-16)23-15-10-18(20(23)25)19(24)21-11-5-14-22-12-3-4-13-22/h6-9,18H,2-5,10-15H2,1H3,(H,21,24).